The highest BCUT2D eigenvalue weighted by Gasteiger charge is 2.17. The van der Waals surface area contributed by atoms with Gasteiger partial charge in [-0.05, 0) is 54.1 Å². The second-order valence-electron chi connectivity index (χ2n) is 7.89. The van der Waals surface area contributed by atoms with Crippen molar-refractivity contribution in [2.45, 2.75) is 13.8 Å². The Morgan fingerprint density at radius 1 is 1.09 bits per heavy atom. The van der Waals surface area contributed by atoms with Gasteiger partial charge in [-0.1, -0.05) is 36.4 Å². The number of carbonyl (C=O) groups excluding carboxylic acids is 1. The molecule has 0 unspecified atom stereocenters. The Kier molecular flexibility index (Phi) is 4.66. The summed E-state index contributed by atoms with van der Waals surface area (Å²) in [6, 6.07) is 19.7. The quantitative estimate of drug-likeness (QED) is 0.312. The van der Waals surface area contributed by atoms with Gasteiger partial charge in [0.05, 0.1) is 28.0 Å². The highest BCUT2D eigenvalue weighted by atomic mass is 32.1. The lowest BCUT2D eigenvalue weighted by Gasteiger charge is -2.05. The maximum atomic E-state index is 12.8. The number of rotatable bonds is 4. The van der Waals surface area contributed by atoms with Gasteiger partial charge >= 0.3 is 0 Å². The van der Waals surface area contributed by atoms with Crippen LogP contribution in [0.15, 0.2) is 65.8 Å². The van der Waals surface area contributed by atoms with Crippen molar-refractivity contribution in [1.82, 2.24) is 35.2 Å². The number of pyridine rings is 1. The summed E-state index contributed by atoms with van der Waals surface area (Å²) in [4.78, 5) is 14.3. The molecule has 4 heterocycles. The molecule has 166 valence electrons. The van der Waals surface area contributed by atoms with Crippen molar-refractivity contribution < 1.29 is 4.79 Å². The van der Waals surface area contributed by atoms with Crippen LogP contribution in [0.4, 0.5) is 0 Å². The number of benzene rings is 2. The van der Waals surface area contributed by atoms with Gasteiger partial charge in [0.15, 0.2) is 5.65 Å². The molecule has 1 N–H and O–H groups in total. The van der Waals surface area contributed by atoms with E-state index in [1.807, 2.05) is 79.2 Å². The molecule has 0 aliphatic heterocycles. The number of hydrazone groups is 1. The van der Waals surface area contributed by atoms with Crippen molar-refractivity contribution in [1.29, 1.82) is 0 Å². The summed E-state index contributed by atoms with van der Waals surface area (Å²) in [5, 5.41) is 22.8. The van der Waals surface area contributed by atoms with Crippen LogP contribution in [0.3, 0.4) is 0 Å². The molecule has 0 radical (unpaired) electrons. The smallest absolute Gasteiger partial charge is 0.266 e. The van der Waals surface area contributed by atoms with Gasteiger partial charge in [-0.15, -0.1) is 16.4 Å². The van der Waals surface area contributed by atoms with Crippen molar-refractivity contribution >= 4 is 50.2 Å². The minimum absolute atomic E-state index is 0.288. The molecule has 0 spiro atoms. The highest BCUT2D eigenvalue weighted by molar-refractivity contribution is 7.20. The molecule has 4 aromatic heterocycles. The van der Waals surface area contributed by atoms with E-state index >= 15 is 0 Å². The van der Waals surface area contributed by atoms with E-state index in [1.54, 1.807) is 10.7 Å². The van der Waals surface area contributed by atoms with Crippen LogP contribution in [0.5, 0.6) is 0 Å². The number of para-hydroxylation sites is 2. The summed E-state index contributed by atoms with van der Waals surface area (Å²) in [5.41, 5.74) is 7.73. The maximum absolute atomic E-state index is 12.8. The van der Waals surface area contributed by atoms with Gasteiger partial charge in [-0.3, -0.25) is 4.79 Å². The normalized spacial score (nSPS) is 11.8. The van der Waals surface area contributed by atoms with E-state index in [2.05, 4.69) is 31.2 Å². The molecule has 6 aromatic rings. The summed E-state index contributed by atoms with van der Waals surface area (Å²) < 4.78 is 3.55. The Morgan fingerprint density at radius 2 is 1.94 bits per heavy atom. The van der Waals surface area contributed by atoms with Gasteiger partial charge in [0.1, 0.15) is 4.83 Å². The Bertz CT molecular complexity index is 1730. The number of aryl methyl sites for hydroxylation is 2. The average molecular weight is 467 g/mol. The van der Waals surface area contributed by atoms with Gasteiger partial charge in [-0.2, -0.15) is 14.7 Å². The van der Waals surface area contributed by atoms with E-state index in [0.29, 0.717) is 16.1 Å². The van der Waals surface area contributed by atoms with Crippen molar-refractivity contribution in [3.05, 3.63) is 82.4 Å². The second kappa shape index (κ2) is 7.85. The SMILES string of the molecule is Cc1nn(-c2ccccc2)c2sc(C(=O)N/N=C/c3cc4cccc(C)c4n4nnnc34)cc12. The Morgan fingerprint density at radius 3 is 2.79 bits per heavy atom. The minimum atomic E-state index is -0.288. The second-order valence-corrected chi connectivity index (χ2v) is 8.92. The van der Waals surface area contributed by atoms with Crippen molar-refractivity contribution in [2.24, 2.45) is 5.10 Å². The number of carbonyl (C=O) groups is 1. The number of nitrogens with one attached hydrogen (secondary N) is 1. The van der Waals surface area contributed by atoms with Gasteiger partial charge in [0.2, 0.25) is 0 Å². The fourth-order valence-electron chi connectivity index (χ4n) is 4.05. The zero-order valence-electron chi connectivity index (χ0n) is 18.3. The molecule has 10 heteroatoms. The van der Waals surface area contributed by atoms with E-state index in [-0.39, 0.29) is 5.91 Å². The number of thiophene rings is 1. The fraction of sp³-hybridized carbons (Fsp3) is 0.0833. The van der Waals surface area contributed by atoms with Gasteiger partial charge in [-0.25, -0.2) is 10.1 Å². The highest BCUT2D eigenvalue weighted by Crippen LogP contribution is 2.30. The molecular formula is C24H18N8OS. The number of nitrogens with zero attached hydrogens (tertiary/aromatic N) is 7. The van der Waals surface area contributed by atoms with Crippen LogP contribution in [-0.2, 0) is 0 Å². The fourth-order valence-corrected chi connectivity index (χ4v) is 5.12. The molecule has 0 saturated carbocycles. The number of amides is 1. The molecule has 9 nitrogen and oxygen atoms in total. The van der Waals surface area contributed by atoms with Crippen LogP contribution in [0.25, 0.3) is 32.5 Å². The Labute approximate surface area is 197 Å². The summed E-state index contributed by atoms with van der Waals surface area (Å²) in [6.45, 7) is 3.95. The molecule has 0 atom stereocenters. The first-order valence-electron chi connectivity index (χ1n) is 10.6. The summed E-state index contributed by atoms with van der Waals surface area (Å²) in [6.07, 6.45) is 1.57. The predicted molar refractivity (Wildman–Crippen MR) is 132 cm³/mol. The van der Waals surface area contributed by atoms with Crippen molar-refractivity contribution in [3.63, 3.8) is 0 Å². The lowest BCUT2D eigenvalue weighted by atomic mass is 10.1. The third-order valence-corrected chi connectivity index (χ3v) is 6.77. The molecule has 0 aliphatic carbocycles. The number of tetrazole rings is 1. The standard InChI is InChI=1S/C24H18N8OS/c1-14-7-6-8-16-11-17(22-26-29-30-32(22)21(14)16)13-25-27-23(33)20-12-19-15(2)28-31(24(19)34-20)18-9-4-3-5-10-18/h3-13H,1-2H3,(H,27,33)/b25-13+. The average Bonchev–Trinajstić information content (AvgIpc) is 3.56. The van der Waals surface area contributed by atoms with Gasteiger partial charge in [0, 0.05) is 16.3 Å². The number of fused-ring (bicyclic) bond motifs is 4. The first-order chi connectivity index (χ1) is 16.6. The molecule has 34 heavy (non-hydrogen) atoms. The molecule has 6 rings (SSSR count). The van der Waals surface area contributed by atoms with Crippen molar-refractivity contribution in [3.8, 4) is 5.69 Å². The zero-order valence-corrected chi connectivity index (χ0v) is 19.1. The van der Waals surface area contributed by atoms with E-state index in [9.17, 15) is 4.79 Å². The number of hydrogen-bond donors (Lipinski definition) is 1. The first kappa shape index (κ1) is 20.2. The number of hydrogen-bond acceptors (Lipinski definition) is 7. The summed E-state index contributed by atoms with van der Waals surface area (Å²) in [5.74, 6) is -0.288. The monoisotopic (exact) mass is 466 g/mol. The predicted octanol–water partition coefficient (Wildman–Crippen LogP) is 4.06. The largest absolute Gasteiger partial charge is 0.281 e. The van der Waals surface area contributed by atoms with Crippen LogP contribution in [0.1, 0.15) is 26.5 Å². The molecule has 0 fully saturated rings. The zero-order chi connectivity index (χ0) is 23.2. The van der Waals surface area contributed by atoms with Crippen LogP contribution in [0, 0.1) is 13.8 Å². The molecule has 0 bridgehead atoms. The van der Waals surface area contributed by atoms with E-state index < -0.39 is 0 Å². The van der Waals surface area contributed by atoms with Crippen LogP contribution in [0.2, 0.25) is 0 Å². The Hall–Kier alpha value is -4.44. The van der Waals surface area contributed by atoms with Crippen LogP contribution < -0.4 is 5.43 Å². The third-order valence-electron chi connectivity index (χ3n) is 5.66. The maximum Gasteiger partial charge on any atom is 0.281 e. The first-order valence-corrected chi connectivity index (χ1v) is 11.4. The molecule has 0 saturated heterocycles. The van der Waals surface area contributed by atoms with E-state index in [4.69, 9.17) is 0 Å². The number of aromatic nitrogens is 6. The van der Waals surface area contributed by atoms with Gasteiger partial charge in [0.25, 0.3) is 5.91 Å². The van der Waals surface area contributed by atoms with Crippen LogP contribution >= 0.6 is 11.3 Å². The summed E-state index contributed by atoms with van der Waals surface area (Å²) >= 11 is 1.38. The van der Waals surface area contributed by atoms with E-state index in [0.717, 1.165) is 38.1 Å². The topological polar surface area (TPSA) is 102 Å². The lowest BCUT2D eigenvalue weighted by molar-refractivity contribution is 0.0959. The molecule has 0 aliphatic rings. The lowest BCUT2D eigenvalue weighted by Crippen LogP contribution is -2.16. The minimum Gasteiger partial charge on any atom is -0.266 e. The molecule has 1 amide bonds. The van der Waals surface area contributed by atoms with Crippen LogP contribution in [-0.4, -0.2) is 41.9 Å². The van der Waals surface area contributed by atoms with E-state index in [1.165, 1.54) is 11.3 Å². The van der Waals surface area contributed by atoms with Gasteiger partial charge < -0.3 is 0 Å². The molecule has 2 aromatic carbocycles. The Balaban J connectivity index is 1.30. The molecular weight excluding hydrogens is 448 g/mol. The van der Waals surface area contributed by atoms with Crippen molar-refractivity contribution in [2.75, 3.05) is 0 Å². The third kappa shape index (κ3) is 3.23. The summed E-state index contributed by atoms with van der Waals surface area (Å²) in [7, 11) is 0.